The largest absolute Gasteiger partial charge is 0.436 e. The van der Waals surface area contributed by atoms with E-state index in [9.17, 15) is 4.79 Å². The van der Waals surface area contributed by atoms with Crippen LogP contribution < -0.4 is 5.32 Å². The lowest BCUT2D eigenvalue weighted by Crippen LogP contribution is -2.11. The van der Waals surface area contributed by atoms with Crippen molar-refractivity contribution in [3.05, 3.63) is 82.4 Å². The summed E-state index contributed by atoms with van der Waals surface area (Å²) < 4.78 is 5.89. The number of carbonyl (C=O) groups excluding carboxylic acids is 1. The van der Waals surface area contributed by atoms with Crippen molar-refractivity contribution in [2.45, 2.75) is 20.3 Å². The zero-order chi connectivity index (χ0) is 19.7. The Morgan fingerprint density at radius 2 is 1.96 bits per heavy atom. The van der Waals surface area contributed by atoms with Crippen LogP contribution >= 0.6 is 11.6 Å². The van der Waals surface area contributed by atoms with E-state index in [1.165, 1.54) is 5.56 Å². The molecule has 0 unspecified atom stereocenters. The molecule has 1 heterocycles. The number of aryl methyl sites for hydroxylation is 2. The van der Waals surface area contributed by atoms with Gasteiger partial charge >= 0.3 is 0 Å². The van der Waals surface area contributed by atoms with Crippen molar-refractivity contribution in [2.75, 3.05) is 5.32 Å². The molecular formula is C23H19ClN2O2. The number of benzene rings is 3. The maximum Gasteiger partial charge on any atom is 0.255 e. The summed E-state index contributed by atoms with van der Waals surface area (Å²) in [7, 11) is 0. The summed E-state index contributed by atoms with van der Waals surface area (Å²) in [5.41, 5.74) is 5.70. The van der Waals surface area contributed by atoms with Crippen molar-refractivity contribution in [3.8, 4) is 11.5 Å². The summed E-state index contributed by atoms with van der Waals surface area (Å²) >= 11 is 6.13. The Balaban J connectivity index is 1.60. The van der Waals surface area contributed by atoms with Crippen molar-refractivity contribution >= 4 is 34.3 Å². The number of hydrogen-bond acceptors (Lipinski definition) is 3. The molecule has 4 nitrogen and oxygen atoms in total. The molecule has 4 rings (SSSR count). The lowest BCUT2D eigenvalue weighted by atomic mass is 10.1. The molecule has 0 saturated carbocycles. The molecule has 1 aromatic heterocycles. The van der Waals surface area contributed by atoms with Crippen LogP contribution in [0.1, 0.15) is 28.4 Å². The molecule has 4 aromatic rings. The standard InChI is InChI=1S/C23H19ClN2O2/c1-3-15-8-10-21-20(11-15)26-23(28-21)17-5-4-6-18(12-17)25-22(27)16-9-7-14(2)19(24)13-16/h4-13H,3H2,1-2H3,(H,25,27). The Hall–Kier alpha value is -3.11. The number of rotatable bonds is 4. The number of nitrogens with zero attached hydrogens (tertiary/aromatic N) is 1. The van der Waals surface area contributed by atoms with Crippen LogP contribution in [-0.4, -0.2) is 10.9 Å². The van der Waals surface area contributed by atoms with Gasteiger partial charge < -0.3 is 9.73 Å². The Morgan fingerprint density at radius 1 is 1.11 bits per heavy atom. The highest BCUT2D eigenvalue weighted by molar-refractivity contribution is 6.31. The average Bonchev–Trinajstić information content (AvgIpc) is 3.13. The fraction of sp³-hybridized carbons (Fsp3) is 0.130. The van der Waals surface area contributed by atoms with Crippen molar-refractivity contribution in [2.24, 2.45) is 0 Å². The van der Waals surface area contributed by atoms with E-state index in [0.29, 0.717) is 22.2 Å². The van der Waals surface area contributed by atoms with Crippen molar-refractivity contribution in [1.82, 2.24) is 4.98 Å². The summed E-state index contributed by atoms with van der Waals surface area (Å²) in [6.07, 6.45) is 0.947. The maximum atomic E-state index is 12.5. The maximum absolute atomic E-state index is 12.5. The van der Waals surface area contributed by atoms with Crippen LogP contribution in [0.2, 0.25) is 5.02 Å². The smallest absolute Gasteiger partial charge is 0.255 e. The zero-order valence-electron chi connectivity index (χ0n) is 15.6. The highest BCUT2D eigenvalue weighted by Crippen LogP contribution is 2.27. The number of fused-ring (bicyclic) bond motifs is 1. The van der Waals surface area contributed by atoms with Crippen LogP contribution in [0.4, 0.5) is 5.69 Å². The van der Waals surface area contributed by atoms with Gasteiger partial charge in [-0.15, -0.1) is 0 Å². The van der Waals surface area contributed by atoms with Crippen LogP contribution in [0.3, 0.4) is 0 Å². The summed E-state index contributed by atoms with van der Waals surface area (Å²) in [5.74, 6) is 0.307. The number of hydrogen-bond donors (Lipinski definition) is 1. The van der Waals surface area contributed by atoms with Crippen molar-refractivity contribution in [3.63, 3.8) is 0 Å². The van der Waals surface area contributed by atoms with Crippen molar-refractivity contribution < 1.29 is 9.21 Å². The molecule has 0 atom stereocenters. The van der Waals surface area contributed by atoms with Gasteiger partial charge in [0.15, 0.2) is 5.58 Å². The molecule has 0 spiro atoms. The fourth-order valence-corrected chi connectivity index (χ4v) is 3.16. The van der Waals surface area contributed by atoms with E-state index < -0.39 is 0 Å². The number of amides is 1. The molecule has 5 heteroatoms. The van der Waals surface area contributed by atoms with Gasteiger partial charge in [0, 0.05) is 21.8 Å². The number of oxazole rings is 1. The summed E-state index contributed by atoms with van der Waals surface area (Å²) in [4.78, 5) is 17.1. The second-order valence-corrected chi connectivity index (χ2v) is 7.08. The van der Waals surface area contributed by atoms with Crippen LogP contribution in [0.25, 0.3) is 22.6 Å². The van der Waals surface area contributed by atoms with Gasteiger partial charge in [-0.3, -0.25) is 4.79 Å². The fourth-order valence-electron chi connectivity index (χ4n) is 2.98. The quantitative estimate of drug-likeness (QED) is 0.446. The number of anilines is 1. The Kier molecular flexibility index (Phi) is 4.88. The Labute approximate surface area is 168 Å². The molecule has 0 radical (unpaired) electrons. The lowest BCUT2D eigenvalue weighted by Gasteiger charge is -2.07. The van der Waals surface area contributed by atoms with E-state index in [-0.39, 0.29) is 5.91 Å². The van der Waals surface area contributed by atoms with E-state index in [2.05, 4.69) is 17.2 Å². The normalized spacial score (nSPS) is 11.0. The molecule has 0 aliphatic rings. The first-order valence-corrected chi connectivity index (χ1v) is 9.48. The summed E-state index contributed by atoms with van der Waals surface area (Å²) in [6, 6.07) is 18.7. The van der Waals surface area contributed by atoms with Crippen LogP contribution in [0, 0.1) is 6.92 Å². The minimum Gasteiger partial charge on any atom is -0.436 e. The van der Waals surface area contributed by atoms with Gasteiger partial charge in [-0.2, -0.15) is 0 Å². The molecule has 140 valence electrons. The second kappa shape index (κ2) is 7.49. The molecule has 0 aliphatic heterocycles. The molecule has 0 fully saturated rings. The van der Waals surface area contributed by atoms with E-state index in [1.807, 2.05) is 55.5 Å². The molecule has 0 aliphatic carbocycles. The van der Waals surface area contributed by atoms with E-state index in [0.717, 1.165) is 28.6 Å². The predicted molar refractivity (Wildman–Crippen MR) is 113 cm³/mol. The highest BCUT2D eigenvalue weighted by atomic mass is 35.5. The van der Waals surface area contributed by atoms with Gasteiger partial charge in [0.25, 0.3) is 5.91 Å². The molecule has 3 aromatic carbocycles. The second-order valence-electron chi connectivity index (χ2n) is 6.67. The van der Waals surface area contributed by atoms with Gasteiger partial charge in [0.2, 0.25) is 5.89 Å². The molecule has 1 N–H and O–H groups in total. The molecule has 28 heavy (non-hydrogen) atoms. The Morgan fingerprint density at radius 3 is 2.75 bits per heavy atom. The van der Waals surface area contributed by atoms with Crippen LogP contribution in [0.15, 0.2) is 65.1 Å². The lowest BCUT2D eigenvalue weighted by molar-refractivity contribution is 0.102. The first kappa shape index (κ1) is 18.3. The number of halogens is 1. The SMILES string of the molecule is CCc1ccc2oc(-c3cccc(NC(=O)c4ccc(C)c(Cl)c4)c3)nc2c1. The van der Waals surface area contributed by atoms with Gasteiger partial charge in [-0.1, -0.05) is 36.7 Å². The predicted octanol–water partition coefficient (Wildman–Crippen LogP) is 6.27. The monoisotopic (exact) mass is 390 g/mol. The summed E-state index contributed by atoms with van der Waals surface area (Å²) in [5, 5.41) is 3.47. The van der Waals surface area contributed by atoms with Gasteiger partial charge in [0.1, 0.15) is 5.52 Å². The number of carbonyl (C=O) groups is 1. The molecule has 1 amide bonds. The van der Waals surface area contributed by atoms with Crippen LogP contribution in [0.5, 0.6) is 0 Å². The first-order valence-electron chi connectivity index (χ1n) is 9.11. The minimum atomic E-state index is -0.218. The third-order valence-electron chi connectivity index (χ3n) is 4.66. The van der Waals surface area contributed by atoms with E-state index in [4.69, 9.17) is 16.0 Å². The Bertz CT molecular complexity index is 1180. The average molecular weight is 391 g/mol. The molecular weight excluding hydrogens is 372 g/mol. The van der Waals surface area contributed by atoms with Gasteiger partial charge in [0.05, 0.1) is 0 Å². The first-order chi connectivity index (χ1) is 13.5. The molecule has 0 saturated heterocycles. The number of aromatic nitrogens is 1. The van der Waals surface area contributed by atoms with E-state index >= 15 is 0 Å². The van der Waals surface area contributed by atoms with Crippen LogP contribution in [-0.2, 0) is 6.42 Å². The van der Waals surface area contributed by atoms with Gasteiger partial charge in [-0.05, 0) is 66.9 Å². The number of nitrogens with one attached hydrogen (secondary N) is 1. The van der Waals surface area contributed by atoms with Gasteiger partial charge in [-0.25, -0.2) is 4.98 Å². The summed E-state index contributed by atoms with van der Waals surface area (Å²) in [6.45, 7) is 4.01. The van der Waals surface area contributed by atoms with Crippen molar-refractivity contribution in [1.29, 1.82) is 0 Å². The third-order valence-corrected chi connectivity index (χ3v) is 5.07. The minimum absolute atomic E-state index is 0.218. The zero-order valence-corrected chi connectivity index (χ0v) is 16.4. The van der Waals surface area contributed by atoms with E-state index in [1.54, 1.807) is 12.1 Å². The molecule has 0 bridgehead atoms. The topological polar surface area (TPSA) is 55.1 Å². The third kappa shape index (κ3) is 3.64. The highest BCUT2D eigenvalue weighted by Gasteiger charge is 2.12.